The molecule has 0 saturated heterocycles. The van der Waals surface area contributed by atoms with E-state index < -0.39 is 0 Å². The Morgan fingerprint density at radius 2 is 2.38 bits per heavy atom. The summed E-state index contributed by atoms with van der Waals surface area (Å²) >= 11 is 7.91. The Balaban J connectivity index is 2.11. The normalized spacial score (nSPS) is 18.8. The molecule has 0 radical (unpaired) electrons. The number of furan rings is 1. The summed E-state index contributed by atoms with van der Waals surface area (Å²) < 4.78 is 5.02. The summed E-state index contributed by atoms with van der Waals surface area (Å²) in [7, 11) is 0. The van der Waals surface area contributed by atoms with Crippen LogP contribution in [0.5, 0.6) is 0 Å². The first-order chi connectivity index (χ1) is 7.74. The third kappa shape index (κ3) is 1.62. The van der Waals surface area contributed by atoms with Gasteiger partial charge in [-0.2, -0.15) is 0 Å². The molecule has 0 aromatic carbocycles. The van der Waals surface area contributed by atoms with E-state index in [0.717, 1.165) is 22.6 Å². The maximum Gasteiger partial charge on any atom is 0.165 e. The van der Waals surface area contributed by atoms with Crippen molar-refractivity contribution in [2.75, 3.05) is 0 Å². The maximum atomic E-state index is 6.16. The highest BCUT2D eigenvalue weighted by molar-refractivity contribution is 8.00. The molecule has 0 spiro atoms. The monoisotopic (exact) mass is 252 g/mol. The van der Waals surface area contributed by atoms with Gasteiger partial charge in [0.2, 0.25) is 0 Å². The minimum absolute atomic E-state index is 0.529. The second kappa shape index (κ2) is 3.79. The van der Waals surface area contributed by atoms with Crippen molar-refractivity contribution in [2.45, 2.75) is 23.6 Å². The smallest absolute Gasteiger partial charge is 0.165 e. The number of aromatic nitrogens is 2. The molecule has 2 aromatic heterocycles. The van der Waals surface area contributed by atoms with Gasteiger partial charge in [-0.05, 0) is 12.5 Å². The molecular weight excluding hydrogens is 244 g/mol. The Morgan fingerprint density at radius 3 is 3.12 bits per heavy atom. The zero-order valence-corrected chi connectivity index (χ0v) is 10.2. The molecular formula is C11H9ClN2OS. The van der Waals surface area contributed by atoms with E-state index >= 15 is 0 Å². The van der Waals surface area contributed by atoms with E-state index in [1.54, 1.807) is 24.3 Å². The van der Waals surface area contributed by atoms with E-state index in [0.29, 0.717) is 16.2 Å². The minimum atomic E-state index is 0.529. The summed E-state index contributed by atoms with van der Waals surface area (Å²) in [6.07, 6.45) is 4.18. The van der Waals surface area contributed by atoms with Crippen LogP contribution >= 0.6 is 23.4 Å². The summed E-state index contributed by atoms with van der Waals surface area (Å²) in [5, 5.41) is 2.10. The van der Waals surface area contributed by atoms with Crippen molar-refractivity contribution in [2.24, 2.45) is 0 Å². The fraction of sp³-hybridized carbons (Fsp3) is 0.273. The van der Waals surface area contributed by atoms with Gasteiger partial charge in [-0.15, -0.1) is 11.8 Å². The third-order valence-electron chi connectivity index (χ3n) is 2.50. The van der Waals surface area contributed by atoms with Crippen LogP contribution in [0.1, 0.15) is 12.5 Å². The molecule has 1 aliphatic rings. The third-order valence-corrected chi connectivity index (χ3v) is 3.95. The zero-order chi connectivity index (χ0) is 11.1. The zero-order valence-electron chi connectivity index (χ0n) is 8.61. The van der Waals surface area contributed by atoms with Crippen molar-refractivity contribution in [3.05, 3.63) is 29.3 Å². The van der Waals surface area contributed by atoms with E-state index in [2.05, 4.69) is 16.9 Å². The van der Waals surface area contributed by atoms with E-state index in [1.807, 2.05) is 6.07 Å². The van der Waals surface area contributed by atoms with Crippen LogP contribution in [0.3, 0.4) is 0 Å². The fourth-order valence-electron chi connectivity index (χ4n) is 1.75. The molecule has 2 aromatic rings. The Bertz CT molecular complexity index is 527. The molecule has 0 bridgehead atoms. The molecule has 3 nitrogen and oxygen atoms in total. The highest BCUT2D eigenvalue weighted by Crippen LogP contribution is 2.39. The average molecular weight is 253 g/mol. The molecule has 82 valence electrons. The van der Waals surface area contributed by atoms with Gasteiger partial charge in [0.15, 0.2) is 5.82 Å². The van der Waals surface area contributed by atoms with Gasteiger partial charge in [0.05, 0.1) is 11.8 Å². The molecule has 0 aliphatic carbocycles. The number of halogens is 1. The SMILES string of the molecule is CC1Cc2c(Cl)nc(-c3ccoc3)nc2S1. The van der Waals surface area contributed by atoms with Crippen LogP contribution in [0.2, 0.25) is 5.15 Å². The molecule has 0 fully saturated rings. The van der Waals surface area contributed by atoms with Gasteiger partial charge in [-0.25, -0.2) is 9.97 Å². The van der Waals surface area contributed by atoms with Crippen molar-refractivity contribution < 1.29 is 4.42 Å². The summed E-state index contributed by atoms with van der Waals surface area (Å²) in [6.45, 7) is 2.17. The standard InChI is InChI=1S/C11H9ClN2OS/c1-6-4-8-9(12)13-10(14-11(8)16-6)7-2-3-15-5-7/h2-3,5-6H,4H2,1H3. The first kappa shape index (κ1) is 10.2. The molecule has 1 atom stereocenters. The molecule has 3 rings (SSSR count). The maximum absolute atomic E-state index is 6.16. The van der Waals surface area contributed by atoms with E-state index in [4.69, 9.17) is 16.0 Å². The summed E-state index contributed by atoms with van der Waals surface area (Å²) in [5.41, 5.74) is 1.94. The topological polar surface area (TPSA) is 38.9 Å². The molecule has 3 heterocycles. The van der Waals surface area contributed by atoms with Crippen LogP contribution in [0.15, 0.2) is 28.0 Å². The van der Waals surface area contributed by atoms with Gasteiger partial charge < -0.3 is 4.42 Å². The quantitative estimate of drug-likeness (QED) is 0.729. The predicted molar refractivity (Wildman–Crippen MR) is 63.8 cm³/mol. The van der Waals surface area contributed by atoms with Crippen LogP contribution in [0.4, 0.5) is 0 Å². The van der Waals surface area contributed by atoms with Crippen LogP contribution in [0.25, 0.3) is 11.4 Å². The highest BCUT2D eigenvalue weighted by Gasteiger charge is 2.24. The van der Waals surface area contributed by atoms with E-state index in [9.17, 15) is 0 Å². The van der Waals surface area contributed by atoms with Gasteiger partial charge in [-0.1, -0.05) is 18.5 Å². The molecule has 0 saturated carbocycles. The van der Waals surface area contributed by atoms with Crippen LogP contribution in [-0.2, 0) is 6.42 Å². The van der Waals surface area contributed by atoms with E-state index in [1.165, 1.54) is 0 Å². The molecule has 1 unspecified atom stereocenters. The molecule has 0 N–H and O–H groups in total. The Kier molecular flexibility index (Phi) is 2.41. The number of fused-ring (bicyclic) bond motifs is 1. The van der Waals surface area contributed by atoms with Gasteiger partial charge in [0.25, 0.3) is 0 Å². The van der Waals surface area contributed by atoms with Crippen LogP contribution in [0, 0.1) is 0 Å². The van der Waals surface area contributed by atoms with Crippen LogP contribution in [-0.4, -0.2) is 15.2 Å². The lowest BCUT2D eigenvalue weighted by molar-refractivity contribution is 0.568. The number of hydrogen-bond acceptors (Lipinski definition) is 4. The van der Waals surface area contributed by atoms with E-state index in [-0.39, 0.29) is 0 Å². The summed E-state index contributed by atoms with van der Waals surface area (Å²) in [5.74, 6) is 0.638. The second-order valence-electron chi connectivity index (χ2n) is 3.77. The molecule has 5 heteroatoms. The van der Waals surface area contributed by atoms with Crippen molar-refractivity contribution in [1.82, 2.24) is 9.97 Å². The van der Waals surface area contributed by atoms with Crippen molar-refractivity contribution in [3.63, 3.8) is 0 Å². The number of hydrogen-bond donors (Lipinski definition) is 0. The number of nitrogens with zero attached hydrogens (tertiary/aromatic N) is 2. The van der Waals surface area contributed by atoms with Gasteiger partial charge in [-0.3, -0.25) is 0 Å². The van der Waals surface area contributed by atoms with Crippen molar-refractivity contribution >= 4 is 23.4 Å². The van der Waals surface area contributed by atoms with Crippen molar-refractivity contribution in [1.29, 1.82) is 0 Å². The van der Waals surface area contributed by atoms with Crippen LogP contribution < -0.4 is 0 Å². The molecule has 0 amide bonds. The van der Waals surface area contributed by atoms with Gasteiger partial charge >= 0.3 is 0 Å². The lowest BCUT2D eigenvalue weighted by Gasteiger charge is -2.02. The van der Waals surface area contributed by atoms with Gasteiger partial charge in [0.1, 0.15) is 16.4 Å². The predicted octanol–water partition coefficient (Wildman–Crippen LogP) is 3.43. The fourth-order valence-corrected chi connectivity index (χ4v) is 3.14. The lowest BCUT2D eigenvalue weighted by Crippen LogP contribution is -1.95. The average Bonchev–Trinajstić information content (AvgIpc) is 2.84. The Morgan fingerprint density at radius 1 is 1.50 bits per heavy atom. The minimum Gasteiger partial charge on any atom is -0.472 e. The Hall–Kier alpha value is -1.00. The summed E-state index contributed by atoms with van der Waals surface area (Å²) in [4.78, 5) is 8.82. The molecule has 1 aliphatic heterocycles. The number of rotatable bonds is 1. The van der Waals surface area contributed by atoms with Crippen molar-refractivity contribution in [3.8, 4) is 11.4 Å². The first-order valence-electron chi connectivity index (χ1n) is 4.99. The Labute approximate surface area is 102 Å². The number of thioether (sulfide) groups is 1. The molecule has 16 heavy (non-hydrogen) atoms. The largest absolute Gasteiger partial charge is 0.472 e. The second-order valence-corrected chi connectivity index (χ2v) is 5.55. The lowest BCUT2D eigenvalue weighted by atomic mass is 10.2. The highest BCUT2D eigenvalue weighted by atomic mass is 35.5. The van der Waals surface area contributed by atoms with Gasteiger partial charge in [0, 0.05) is 10.8 Å². The summed E-state index contributed by atoms with van der Waals surface area (Å²) in [6, 6.07) is 1.83. The first-order valence-corrected chi connectivity index (χ1v) is 6.25.